The number of methoxy groups -OCH3 is 1. The summed E-state index contributed by atoms with van der Waals surface area (Å²) in [6.45, 7) is 24.8. The first kappa shape index (κ1) is 24.7. The van der Waals surface area contributed by atoms with Crippen LogP contribution in [0.15, 0.2) is 12.1 Å². The Morgan fingerprint density at radius 2 is 1.32 bits per heavy atom. The number of carbonyl (C=O) groups excluding carboxylic acids is 1. The number of hydrogen-bond acceptors (Lipinski definition) is 3. The molecule has 0 radical (unpaired) electrons. The van der Waals surface area contributed by atoms with Gasteiger partial charge in [-0.15, -0.1) is 0 Å². The summed E-state index contributed by atoms with van der Waals surface area (Å²) >= 11 is 0. The summed E-state index contributed by atoms with van der Waals surface area (Å²) in [6.07, 6.45) is 1.07. The molecule has 28 heavy (non-hydrogen) atoms. The molecular weight excluding hydrogens is 364 g/mol. The molecule has 0 aromatic heterocycles. The molecule has 0 N–H and O–H groups in total. The average Bonchev–Trinajstić information content (AvgIpc) is 2.49. The number of benzene rings is 1. The van der Waals surface area contributed by atoms with Gasteiger partial charge in [0, 0.05) is 6.42 Å². The zero-order valence-corrected chi connectivity index (χ0v) is 21.3. The minimum absolute atomic E-state index is 0.0566. The first-order chi connectivity index (χ1) is 12.4. The first-order valence-corrected chi connectivity index (χ1v) is 13.2. The van der Waals surface area contributed by atoms with Crippen LogP contribution in [0.2, 0.25) is 18.1 Å². The predicted octanol–water partition coefficient (Wildman–Crippen LogP) is 6.77. The van der Waals surface area contributed by atoms with Gasteiger partial charge in [-0.2, -0.15) is 0 Å². The van der Waals surface area contributed by atoms with Crippen LogP contribution in [0, 0.1) is 0 Å². The van der Waals surface area contributed by atoms with Gasteiger partial charge < -0.3 is 9.16 Å². The van der Waals surface area contributed by atoms with Crippen LogP contribution in [-0.4, -0.2) is 21.4 Å². The minimum atomic E-state index is -2.00. The van der Waals surface area contributed by atoms with Gasteiger partial charge in [0.1, 0.15) is 5.75 Å². The van der Waals surface area contributed by atoms with Gasteiger partial charge in [0.05, 0.1) is 7.11 Å². The predicted molar refractivity (Wildman–Crippen MR) is 122 cm³/mol. The summed E-state index contributed by atoms with van der Waals surface area (Å²) < 4.78 is 11.8. The number of aryl methyl sites for hydroxylation is 1. The number of carbonyl (C=O) groups is 1. The van der Waals surface area contributed by atoms with Gasteiger partial charge in [-0.25, -0.2) is 0 Å². The second kappa shape index (κ2) is 8.21. The summed E-state index contributed by atoms with van der Waals surface area (Å²) in [7, 11) is -0.556. The zero-order valence-electron chi connectivity index (χ0n) is 20.3. The van der Waals surface area contributed by atoms with E-state index in [-0.39, 0.29) is 21.8 Å². The van der Waals surface area contributed by atoms with Crippen LogP contribution in [0.3, 0.4) is 0 Å². The van der Waals surface area contributed by atoms with Gasteiger partial charge in [-0.3, -0.25) is 4.79 Å². The number of rotatable bonds is 5. The fourth-order valence-electron chi connectivity index (χ4n) is 2.81. The van der Waals surface area contributed by atoms with Crippen molar-refractivity contribution in [2.24, 2.45) is 0 Å². The zero-order chi connectivity index (χ0) is 22.1. The lowest BCUT2D eigenvalue weighted by atomic mass is 9.78. The van der Waals surface area contributed by atoms with Gasteiger partial charge in [-0.05, 0) is 52.1 Å². The maximum absolute atomic E-state index is 11.7. The Kier molecular flexibility index (Phi) is 7.26. The van der Waals surface area contributed by atoms with Crippen LogP contribution >= 0.6 is 0 Å². The average molecular weight is 407 g/mol. The smallest absolute Gasteiger partial charge is 0.305 e. The topological polar surface area (TPSA) is 35.5 Å². The molecule has 0 saturated heterocycles. The summed E-state index contributed by atoms with van der Waals surface area (Å²) in [5, 5.41) is 0.126. The maximum Gasteiger partial charge on any atom is 0.305 e. The standard InChI is InChI=1S/C24H42O3Si/c1-22(2,3)18-15-17(13-14-20(25)26-10)16-19(23(4,5)6)21(18)27-28(11,12)24(7,8)9/h15-16H,13-14H2,1-12H3. The highest BCUT2D eigenvalue weighted by Crippen LogP contribution is 2.45. The molecule has 0 spiro atoms. The summed E-state index contributed by atoms with van der Waals surface area (Å²) in [5.41, 5.74) is 3.51. The summed E-state index contributed by atoms with van der Waals surface area (Å²) in [4.78, 5) is 11.7. The molecule has 0 amide bonds. The summed E-state index contributed by atoms with van der Waals surface area (Å²) in [5.74, 6) is 0.879. The SMILES string of the molecule is COC(=O)CCc1cc(C(C)(C)C)c(O[Si](C)(C)C(C)(C)C)c(C(C)(C)C)c1. The lowest BCUT2D eigenvalue weighted by Crippen LogP contribution is -2.45. The van der Waals surface area contributed by atoms with E-state index in [1.165, 1.54) is 23.8 Å². The van der Waals surface area contributed by atoms with Crippen molar-refractivity contribution in [1.82, 2.24) is 0 Å². The minimum Gasteiger partial charge on any atom is -0.543 e. The van der Waals surface area contributed by atoms with Crippen molar-refractivity contribution in [2.45, 2.75) is 104 Å². The van der Waals surface area contributed by atoms with Crippen LogP contribution in [-0.2, 0) is 26.8 Å². The molecule has 0 aliphatic carbocycles. The molecule has 0 fully saturated rings. The molecule has 0 bridgehead atoms. The van der Waals surface area contributed by atoms with Crippen LogP contribution < -0.4 is 4.43 Å². The molecular formula is C24H42O3Si. The molecule has 0 atom stereocenters. The number of ether oxygens (including phenoxy) is 1. The number of esters is 1. The second-order valence-corrected chi connectivity index (χ2v) is 16.2. The van der Waals surface area contributed by atoms with Gasteiger partial charge in [0.15, 0.2) is 0 Å². The van der Waals surface area contributed by atoms with Crippen molar-refractivity contribution in [2.75, 3.05) is 7.11 Å². The molecule has 0 unspecified atom stereocenters. The molecule has 4 heteroatoms. The van der Waals surface area contributed by atoms with Gasteiger partial charge >= 0.3 is 5.97 Å². The van der Waals surface area contributed by atoms with Crippen molar-refractivity contribution in [3.63, 3.8) is 0 Å². The third-order valence-electron chi connectivity index (χ3n) is 5.77. The van der Waals surface area contributed by atoms with E-state index in [4.69, 9.17) is 9.16 Å². The Bertz CT molecular complexity index is 663. The van der Waals surface area contributed by atoms with Crippen molar-refractivity contribution in [3.8, 4) is 5.75 Å². The molecule has 0 aliphatic rings. The van der Waals surface area contributed by atoms with Gasteiger partial charge in [0.25, 0.3) is 8.32 Å². The Balaban J connectivity index is 3.65. The fraction of sp³-hybridized carbons (Fsp3) is 0.708. The highest BCUT2D eigenvalue weighted by Gasteiger charge is 2.41. The molecule has 0 saturated carbocycles. The lowest BCUT2D eigenvalue weighted by molar-refractivity contribution is -0.140. The fourth-order valence-corrected chi connectivity index (χ4v) is 3.85. The van der Waals surface area contributed by atoms with Gasteiger partial charge in [-0.1, -0.05) is 74.4 Å². The molecule has 3 nitrogen and oxygen atoms in total. The Labute approximate surface area is 174 Å². The number of hydrogen-bond donors (Lipinski definition) is 0. The molecule has 1 rings (SSSR count). The third-order valence-corrected chi connectivity index (χ3v) is 10.1. The second-order valence-electron chi connectivity index (χ2n) is 11.5. The Morgan fingerprint density at radius 1 is 0.893 bits per heavy atom. The molecule has 1 aromatic rings. The van der Waals surface area contributed by atoms with E-state index >= 15 is 0 Å². The van der Waals surface area contributed by atoms with E-state index in [1.807, 2.05) is 0 Å². The van der Waals surface area contributed by atoms with E-state index in [0.29, 0.717) is 12.8 Å². The normalized spacial score (nSPS) is 13.4. The van der Waals surface area contributed by atoms with Crippen LogP contribution in [0.25, 0.3) is 0 Å². The molecule has 0 heterocycles. The molecule has 1 aromatic carbocycles. The highest BCUT2D eigenvalue weighted by atomic mass is 28.4. The van der Waals surface area contributed by atoms with E-state index in [9.17, 15) is 4.79 Å². The van der Waals surface area contributed by atoms with Crippen LogP contribution in [0.5, 0.6) is 5.75 Å². The van der Waals surface area contributed by atoms with E-state index < -0.39 is 8.32 Å². The summed E-state index contributed by atoms with van der Waals surface area (Å²) in [6, 6.07) is 4.47. The van der Waals surface area contributed by atoms with E-state index in [1.54, 1.807) is 0 Å². The highest BCUT2D eigenvalue weighted by molar-refractivity contribution is 6.74. The lowest BCUT2D eigenvalue weighted by Gasteiger charge is -2.40. The van der Waals surface area contributed by atoms with Gasteiger partial charge in [0.2, 0.25) is 0 Å². The largest absolute Gasteiger partial charge is 0.543 e. The quantitative estimate of drug-likeness (QED) is 0.400. The van der Waals surface area contributed by atoms with Crippen molar-refractivity contribution < 1.29 is 14.0 Å². The van der Waals surface area contributed by atoms with Crippen molar-refractivity contribution in [1.29, 1.82) is 0 Å². The van der Waals surface area contributed by atoms with E-state index in [2.05, 4.69) is 87.5 Å². The molecule has 160 valence electrons. The Morgan fingerprint density at radius 3 is 1.64 bits per heavy atom. The molecule has 0 aliphatic heterocycles. The van der Waals surface area contributed by atoms with Crippen molar-refractivity contribution in [3.05, 3.63) is 28.8 Å². The van der Waals surface area contributed by atoms with Crippen molar-refractivity contribution >= 4 is 14.3 Å². The van der Waals surface area contributed by atoms with Crippen LogP contribution in [0.4, 0.5) is 0 Å². The first-order valence-electron chi connectivity index (χ1n) is 10.3. The third kappa shape index (κ3) is 6.10. The Hall–Kier alpha value is -1.29. The van der Waals surface area contributed by atoms with E-state index in [0.717, 1.165) is 5.75 Å². The monoisotopic (exact) mass is 406 g/mol. The van der Waals surface area contributed by atoms with Crippen LogP contribution in [0.1, 0.15) is 85.4 Å². The maximum atomic E-state index is 11.7.